The van der Waals surface area contributed by atoms with E-state index in [0.717, 1.165) is 11.3 Å². The summed E-state index contributed by atoms with van der Waals surface area (Å²) in [5.74, 6) is 1.27. The Hall–Kier alpha value is -1.15. The molecule has 0 aromatic rings. The van der Waals surface area contributed by atoms with Crippen molar-refractivity contribution in [3.63, 3.8) is 0 Å². The van der Waals surface area contributed by atoms with Crippen LogP contribution in [0.25, 0.3) is 0 Å². The Bertz CT molecular complexity index is 572. The fourth-order valence-corrected chi connectivity index (χ4v) is 4.64. The number of hydrogen-bond acceptors (Lipinski definition) is 4. The van der Waals surface area contributed by atoms with Gasteiger partial charge in [-0.2, -0.15) is 0 Å². The van der Waals surface area contributed by atoms with Gasteiger partial charge in [0.15, 0.2) is 0 Å². The van der Waals surface area contributed by atoms with Crippen molar-refractivity contribution in [2.24, 2.45) is 5.41 Å². The van der Waals surface area contributed by atoms with Gasteiger partial charge in [-0.1, -0.05) is 6.58 Å². The molecule has 0 aliphatic rings. The van der Waals surface area contributed by atoms with Crippen LogP contribution in [-0.4, -0.2) is 28.2 Å². The Morgan fingerprint density at radius 1 is 0.885 bits per heavy atom. The van der Waals surface area contributed by atoms with Crippen LogP contribution in [0.5, 0.6) is 0 Å². The predicted molar refractivity (Wildman–Crippen MR) is 114 cm³/mol. The van der Waals surface area contributed by atoms with E-state index < -0.39 is 22.0 Å². The molecule has 0 saturated heterocycles. The van der Waals surface area contributed by atoms with Gasteiger partial charge < -0.3 is 8.85 Å². The summed E-state index contributed by atoms with van der Waals surface area (Å²) in [5.41, 5.74) is 0.277. The zero-order valence-corrected chi connectivity index (χ0v) is 20.5. The third-order valence-electron chi connectivity index (χ3n) is 3.60. The Balaban J connectivity index is 4.91. The van der Waals surface area contributed by atoms with E-state index in [9.17, 15) is 9.59 Å². The van der Waals surface area contributed by atoms with Crippen LogP contribution < -0.4 is 0 Å². The minimum atomic E-state index is -1.83. The fraction of sp³-hybridized carbons (Fsp3) is 0.700. The minimum absolute atomic E-state index is 0.0118. The summed E-state index contributed by atoms with van der Waals surface area (Å²) in [5, 5.41) is 0. The molecule has 0 amide bonds. The van der Waals surface area contributed by atoms with Gasteiger partial charge in [0.05, 0.1) is 23.4 Å². The highest BCUT2D eigenvalue weighted by Gasteiger charge is 2.36. The van der Waals surface area contributed by atoms with Crippen LogP contribution in [-0.2, 0) is 18.4 Å². The summed E-state index contributed by atoms with van der Waals surface area (Å²) in [6.45, 7) is 24.0. The lowest BCUT2D eigenvalue weighted by atomic mass is 9.81. The van der Waals surface area contributed by atoms with E-state index in [1.807, 2.05) is 47.3 Å². The third-order valence-corrected chi connectivity index (χ3v) is 5.32. The lowest BCUT2D eigenvalue weighted by molar-refractivity contribution is -0.129. The average molecular weight is 399 g/mol. The number of hydrogen-bond donors (Lipinski definition) is 0. The van der Waals surface area contributed by atoms with Crippen LogP contribution in [0.15, 0.2) is 23.7 Å². The van der Waals surface area contributed by atoms with Crippen molar-refractivity contribution in [3.8, 4) is 0 Å². The Labute approximate surface area is 162 Å². The SMILES string of the molecule is C=C(CC(=O)CCC(=O)C(C)(C)C(O[Si](C)(C)C)=C(C)C)O[Si](C)(C)C. The number of carbonyl (C=O) groups is 2. The third kappa shape index (κ3) is 9.52. The highest BCUT2D eigenvalue weighted by Crippen LogP contribution is 2.34. The second-order valence-corrected chi connectivity index (χ2v) is 18.4. The average Bonchev–Trinajstić information content (AvgIpc) is 2.38. The van der Waals surface area contributed by atoms with E-state index in [0.29, 0.717) is 5.76 Å². The molecular weight excluding hydrogens is 360 g/mol. The lowest BCUT2D eigenvalue weighted by Gasteiger charge is -2.33. The molecule has 0 N–H and O–H groups in total. The first-order chi connectivity index (χ1) is 11.5. The number of ketones is 2. The minimum Gasteiger partial charge on any atom is -0.547 e. The van der Waals surface area contributed by atoms with E-state index in [-0.39, 0.29) is 30.8 Å². The number of carbonyl (C=O) groups excluding carboxylic acids is 2. The molecule has 0 heterocycles. The highest BCUT2D eigenvalue weighted by atomic mass is 28.4. The van der Waals surface area contributed by atoms with Crippen molar-refractivity contribution in [1.82, 2.24) is 0 Å². The summed E-state index contributed by atoms with van der Waals surface area (Å²) < 4.78 is 11.9. The normalized spacial score (nSPS) is 12.4. The molecule has 6 heteroatoms. The maximum Gasteiger partial charge on any atom is 0.241 e. The maximum atomic E-state index is 12.8. The van der Waals surface area contributed by atoms with E-state index in [4.69, 9.17) is 8.85 Å². The first-order valence-electron chi connectivity index (χ1n) is 9.24. The zero-order valence-electron chi connectivity index (χ0n) is 18.5. The molecular formula is C20H38O4Si2. The topological polar surface area (TPSA) is 52.6 Å². The molecule has 0 aliphatic heterocycles. The summed E-state index contributed by atoms with van der Waals surface area (Å²) in [4.78, 5) is 25.0. The summed E-state index contributed by atoms with van der Waals surface area (Å²) in [7, 11) is -3.58. The highest BCUT2D eigenvalue weighted by molar-refractivity contribution is 6.70. The molecule has 0 aromatic heterocycles. The molecule has 26 heavy (non-hydrogen) atoms. The van der Waals surface area contributed by atoms with Crippen molar-refractivity contribution in [2.45, 2.75) is 86.2 Å². The Morgan fingerprint density at radius 2 is 1.35 bits per heavy atom. The number of Topliss-reactive ketones (excluding diaryl/α,β-unsaturated/α-hetero) is 2. The zero-order chi connectivity index (χ0) is 20.9. The van der Waals surface area contributed by atoms with Gasteiger partial charge in [-0.05, 0) is 72.6 Å². The first kappa shape index (κ1) is 24.9. The van der Waals surface area contributed by atoms with E-state index in [2.05, 4.69) is 26.2 Å². The van der Waals surface area contributed by atoms with Crippen LogP contribution in [0.4, 0.5) is 0 Å². The molecule has 0 atom stereocenters. The molecule has 0 aliphatic carbocycles. The smallest absolute Gasteiger partial charge is 0.241 e. The lowest BCUT2D eigenvalue weighted by Crippen LogP contribution is -2.35. The van der Waals surface area contributed by atoms with Gasteiger partial charge in [0.1, 0.15) is 11.6 Å². The van der Waals surface area contributed by atoms with Crippen LogP contribution in [0, 0.1) is 5.41 Å². The monoisotopic (exact) mass is 398 g/mol. The first-order valence-corrected chi connectivity index (χ1v) is 16.1. The number of rotatable bonds is 11. The largest absolute Gasteiger partial charge is 0.547 e. The van der Waals surface area contributed by atoms with Crippen molar-refractivity contribution in [1.29, 1.82) is 0 Å². The van der Waals surface area contributed by atoms with Gasteiger partial charge in [0, 0.05) is 12.8 Å². The van der Waals surface area contributed by atoms with Crippen LogP contribution in [0.3, 0.4) is 0 Å². The summed E-state index contributed by atoms with van der Waals surface area (Å²) in [6, 6.07) is 0. The van der Waals surface area contributed by atoms with E-state index in [1.165, 1.54) is 0 Å². The molecule has 150 valence electrons. The van der Waals surface area contributed by atoms with Crippen molar-refractivity contribution >= 4 is 28.2 Å². The molecule has 0 radical (unpaired) electrons. The second-order valence-electron chi connectivity index (χ2n) is 9.56. The molecule has 4 nitrogen and oxygen atoms in total. The number of allylic oxidation sites excluding steroid dienone is 3. The molecule has 0 bridgehead atoms. The summed E-state index contributed by atoms with van der Waals surface area (Å²) >= 11 is 0. The quantitative estimate of drug-likeness (QED) is 0.324. The summed E-state index contributed by atoms with van der Waals surface area (Å²) in [6.07, 6.45) is 0.593. The molecule has 0 fully saturated rings. The van der Waals surface area contributed by atoms with Crippen molar-refractivity contribution in [3.05, 3.63) is 23.7 Å². The molecule has 0 rings (SSSR count). The van der Waals surface area contributed by atoms with Gasteiger partial charge in [0.25, 0.3) is 0 Å². The molecule has 0 spiro atoms. The molecule has 0 saturated carbocycles. The molecule has 0 aromatic carbocycles. The van der Waals surface area contributed by atoms with Gasteiger partial charge in [-0.15, -0.1) is 0 Å². The predicted octanol–water partition coefficient (Wildman–Crippen LogP) is 5.83. The van der Waals surface area contributed by atoms with Crippen molar-refractivity contribution in [2.75, 3.05) is 0 Å². The van der Waals surface area contributed by atoms with Gasteiger partial charge in [0.2, 0.25) is 16.6 Å². The van der Waals surface area contributed by atoms with Gasteiger partial charge >= 0.3 is 0 Å². The Kier molecular flexibility index (Phi) is 8.77. The second kappa shape index (κ2) is 9.17. The van der Waals surface area contributed by atoms with Crippen LogP contribution in [0.2, 0.25) is 39.3 Å². The van der Waals surface area contributed by atoms with Gasteiger partial charge in [-0.25, -0.2) is 0 Å². The molecule has 0 unspecified atom stereocenters. The van der Waals surface area contributed by atoms with Crippen LogP contribution >= 0.6 is 0 Å². The maximum absolute atomic E-state index is 12.8. The Morgan fingerprint density at radius 3 is 1.73 bits per heavy atom. The van der Waals surface area contributed by atoms with Crippen LogP contribution in [0.1, 0.15) is 47.0 Å². The van der Waals surface area contributed by atoms with Crippen molar-refractivity contribution < 1.29 is 18.4 Å². The standard InChI is InChI=1S/C20H38O4Si2/c1-15(2)19(24-26(9,10)11)20(4,5)18(22)13-12-17(21)14-16(3)23-25(6,7)8/h3,12-14H2,1-2,4-11H3. The fourth-order valence-electron chi connectivity index (χ4n) is 2.63. The van der Waals surface area contributed by atoms with E-state index in [1.54, 1.807) is 0 Å². The van der Waals surface area contributed by atoms with Gasteiger partial charge in [-0.3, -0.25) is 9.59 Å². The van der Waals surface area contributed by atoms with E-state index >= 15 is 0 Å².